The van der Waals surface area contributed by atoms with Crippen molar-refractivity contribution in [1.29, 1.82) is 0 Å². The number of thiazole rings is 1. The van der Waals surface area contributed by atoms with E-state index in [1.165, 1.54) is 10.3 Å². The minimum atomic E-state index is 0.872. The molecule has 3 aromatic rings. The Kier molecular flexibility index (Phi) is 3.41. The number of nitrogens with zero attached hydrogens (tertiary/aromatic N) is 4. The van der Waals surface area contributed by atoms with Gasteiger partial charge in [-0.25, -0.2) is 4.98 Å². The van der Waals surface area contributed by atoms with Gasteiger partial charge in [0.2, 0.25) is 0 Å². The van der Waals surface area contributed by atoms with Crippen molar-refractivity contribution in [3.8, 4) is 0 Å². The summed E-state index contributed by atoms with van der Waals surface area (Å²) in [5, 5.41) is 12.1. The fourth-order valence-corrected chi connectivity index (χ4v) is 2.92. The Morgan fingerprint density at radius 2 is 2.32 bits per heavy atom. The van der Waals surface area contributed by atoms with Gasteiger partial charge in [-0.05, 0) is 25.0 Å². The van der Waals surface area contributed by atoms with E-state index in [1.807, 2.05) is 10.9 Å². The highest BCUT2D eigenvalue weighted by molar-refractivity contribution is 7.22. The van der Waals surface area contributed by atoms with Crippen LogP contribution >= 0.6 is 11.3 Å². The average Bonchev–Trinajstić information content (AvgIpc) is 3.04. The summed E-state index contributed by atoms with van der Waals surface area (Å²) < 4.78 is 3.07. The molecule has 19 heavy (non-hydrogen) atoms. The molecule has 0 radical (unpaired) electrons. The largest absolute Gasteiger partial charge is 0.361 e. The second kappa shape index (κ2) is 5.36. The first kappa shape index (κ1) is 12.1. The van der Waals surface area contributed by atoms with Gasteiger partial charge >= 0.3 is 0 Å². The lowest BCUT2D eigenvalue weighted by molar-refractivity contribution is 0.570. The second-order valence-electron chi connectivity index (χ2n) is 4.39. The van der Waals surface area contributed by atoms with Crippen molar-refractivity contribution in [2.45, 2.75) is 19.9 Å². The molecule has 0 saturated heterocycles. The number of benzene rings is 1. The Hall–Kier alpha value is -1.95. The zero-order valence-corrected chi connectivity index (χ0v) is 11.5. The van der Waals surface area contributed by atoms with Gasteiger partial charge in [-0.1, -0.05) is 28.7 Å². The van der Waals surface area contributed by atoms with Crippen molar-refractivity contribution in [2.24, 2.45) is 0 Å². The summed E-state index contributed by atoms with van der Waals surface area (Å²) in [4.78, 5) is 4.62. The van der Waals surface area contributed by atoms with E-state index < -0.39 is 0 Å². The maximum Gasteiger partial charge on any atom is 0.183 e. The summed E-state index contributed by atoms with van der Waals surface area (Å²) in [6, 6.07) is 6.28. The molecule has 0 fully saturated rings. The molecule has 98 valence electrons. The van der Waals surface area contributed by atoms with Gasteiger partial charge in [0.15, 0.2) is 5.13 Å². The zero-order chi connectivity index (χ0) is 13.1. The van der Waals surface area contributed by atoms with Crippen molar-refractivity contribution in [3.63, 3.8) is 0 Å². The van der Waals surface area contributed by atoms with Gasteiger partial charge in [0.1, 0.15) is 0 Å². The maximum absolute atomic E-state index is 4.62. The van der Waals surface area contributed by atoms with E-state index in [9.17, 15) is 0 Å². The van der Waals surface area contributed by atoms with Crippen LogP contribution in [0, 0.1) is 6.92 Å². The molecule has 0 saturated carbocycles. The van der Waals surface area contributed by atoms with Gasteiger partial charge in [0.05, 0.1) is 16.4 Å². The molecule has 0 amide bonds. The number of para-hydroxylation sites is 1. The minimum absolute atomic E-state index is 0.872. The normalized spacial score (nSPS) is 11.0. The van der Waals surface area contributed by atoms with Crippen molar-refractivity contribution in [3.05, 3.63) is 36.2 Å². The molecule has 5 nitrogen and oxygen atoms in total. The summed E-state index contributed by atoms with van der Waals surface area (Å²) in [5.74, 6) is 0. The van der Waals surface area contributed by atoms with Crippen LogP contribution in [-0.4, -0.2) is 26.5 Å². The first-order valence-corrected chi connectivity index (χ1v) is 7.09. The molecule has 0 aliphatic carbocycles. The highest BCUT2D eigenvalue weighted by atomic mass is 32.1. The summed E-state index contributed by atoms with van der Waals surface area (Å²) in [6.07, 6.45) is 4.57. The third kappa shape index (κ3) is 2.73. The third-order valence-corrected chi connectivity index (χ3v) is 3.91. The number of aryl methyl sites for hydroxylation is 2. The number of nitrogens with one attached hydrogen (secondary N) is 1. The first-order chi connectivity index (χ1) is 9.33. The average molecular weight is 273 g/mol. The lowest BCUT2D eigenvalue weighted by atomic mass is 10.2. The number of hydrogen-bond acceptors (Lipinski definition) is 5. The highest BCUT2D eigenvalue weighted by Crippen LogP contribution is 2.27. The highest BCUT2D eigenvalue weighted by Gasteiger charge is 2.04. The Labute approximate surface area is 115 Å². The Morgan fingerprint density at radius 3 is 3.11 bits per heavy atom. The van der Waals surface area contributed by atoms with Gasteiger partial charge in [-0.3, -0.25) is 4.68 Å². The third-order valence-electron chi connectivity index (χ3n) is 2.93. The lowest BCUT2D eigenvalue weighted by Gasteiger charge is -2.01. The zero-order valence-electron chi connectivity index (χ0n) is 10.7. The Morgan fingerprint density at radius 1 is 1.37 bits per heavy atom. The number of aromatic nitrogens is 4. The molecule has 2 aromatic heterocycles. The topological polar surface area (TPSA) is 55.6 Å². The van der Waals surface area contributed by atoms with E-state index in [4.69, 9.17) is 0 Å². The second-order valence-corrected chi connectivity index (χ2v) is 5.42. The molecular formula is C13H15N5S. The number of anilines is 1. The van der Waals surface area contributed by atoms with Crippen molar-refractivity contribution >= 4 is 26.7 Å². The van der Waals surface area contributed by atoms with Crippen LogP contribution in [0.5, 0.6) is 0 Å². The van der Waals surface area contributed by atoms with E-state index >= 15 is 0 Å². The standard InChI is InChI=1S/C13H15N5S/c1-10-4-2-5-11-12(10)16-13(19-11)14-6-3-8-18-9-7-15-17-18/h2,4-5,7,9H,3,6,8H2,1H3,(H,14,16). The predicted octanol–water partition coefficient (Wildman–Crippen LogP) is 2.70. The minimum Gasteiger partial charge on any atom is -0.361 e. The van der Waals surface area contributed by atoms with Crippen molar-refractivity contribution in [2.75, 3.05) is 11.9 Å². The van der Waals surface area contributed by atoms with E-state index in [1.54, 1.807) is 17.5 Å². The van der Waals surface area contributed by atoms with Gasteiger partial charge in [-0.15, -0.1) is 5.10 Å². The number of rotatable bonds is 5. The molecule has 6 heteroatoms. The van der Waals surface area contributed by atoms with Crippen LogP contribution in [0.4, 0.5) is 5.13 Å². The molecule has 0 bridgehead atoms. The van der Waals surface area contributed by atoms with Crippen LogP contribution < -0.4 is 5.32 Å². The smallest absolute Gasteiger partial charge is 0.183 e. The molecule has 1 N–H and O–H groups in total. The Balaban J connectivity index is 1.58. The van der Waals surface area contributed by atoms with Gasteiger partial charge in [-0.2, -0.15) is 0 Å². The van der Waals surface area contributed by atoms with Crippen LogP contribution in [0.2, 0.25) is 0 Å². The van der Waals surface area contributed by atoms with Crippen LogP contribution in [0.15, 0.2) is 30.6 Å². The molecule has 0 aliphatic rings. The molecule has 0 unspecified atom stereocenters. The van der Waals surface area contributed by atoms with Gasteiger partial charge in [0, 0.05) is 19.3 Å². The summed E-state index contributed by atoms with van der Waals surface area (Å²) >= 11 is 1.70. The van der Waals surface area contributed by atoms with Crippen LogP contribution in [0.3, 0.4) is 0 Å². The predicted molar refractivity (Wildman–Crippen MR) is 77.5 cm³/mol. The van der Waals surface area contributed by atoms with E-state index in [0.29, 0.717) is 0 Å². The van der Waals surface area contributed by atoms with Crippen molar-refractivity contribution < 1.29 is 0 Å². The molecule has 1 aromatic carbocycles. The van der Waals surface area contributed by atoms with Gasteiger partial charge in [0.25, 0.3) is 0 Å². The molecule has 2 heterocycles. The van der Waals surface area contributed by atoms with Crippen LogP contribution in [-0.2, 0) is 6.54 Å². The fraction of sp³-hybridized carbons (Fsp3) is 0.308. The first-order valence-electron chi connectivity index (χ1n) is 6.27. The molecule has 0 spiro atoms. The van der Waals surface area contributed by atoms with E-state index in [2.05, 4.69) is 45.7 Å². The summed E-state index contributed by atoms with van der Waals surface area (Å²) in [5.41, 5.74) is 2.33. The fourth-order valence-electron chi connectivity index (χ4n) is 1.95. The number of fused-ring (bicyclic) bond motifs is 1. The molecule has 0 aliphatic heterocycles. The number of hydrogen-bond donors (Lipinski definition) is 1. The quantitative estimate of drug-likeness (QED) is 0.726. The summed E-state index contributed by atoms with van der Waals surface area (Å²) in [7, 11) is 0. The monoisotopic (exact) mass is 273 g/mol. The lowest BCUT2D eigenvalue weighted by Crippen LogP contribution is -2.07. The summed E-state index contributed by atoms with van der Waals surface area (Å²) in [6.45, 7) is 3.85. The van der Waals surface area contributed by atoms with Gasteiger partial charge < -0.3 is 5.32 Å². The van der Waals surface area contributed by atoms with E-state index in [0.717, 1.165) is 30.2 Å². The molecule has 0 atom stereocenters. The molecular weight excluding hydrogens is 258 g/mol. The van der Waals surface area contributed by atoms with Crippen molar-refractivity contribution in [1.82, 2.24) is 20.0 Å². The SMILES string of the molecule is Cc1cccc2sc(NCCCn3ccnn3)nc12. The maximum atomic E-state index is 4.62. The van der Waals surface area contributed by atoms with Crippen LogP contribution in [0.1, 0.15) is 12.0 Å². The molecule has 3 rings (SSSR count). The Bertz CT molecular complexity index is 659. The van der Waals surface area contributed by atoms with E-state index in [-0.39, 0.29) is 0 Å². The van der Waals surface area contributed by atoms with Crippen LogP contribution in [0.25, 0.3) is 10.2 Å².